The lowest BCUT2D eigenvalue weighted by molar-refractivity contribution is -0.121. The Morgan fingerprint density at radius 1 is 0.915 bits per heavy atom. The molecule has 0 aliphatic carbocycles. The lowest BCUT2D eigenvalue weighted by Gasteiger charge is -2.14. The Labute approximate surface area is 298 Å². The molecule has 10 nitrogen and oxygen atoms in total. The van der Waals surface area contributed by atoms with E-state index < -0.39 is 12.6 Å². The third kappa shape index (κ3) is 10.1. The third-order valence-electron chi connectivity index (χ3n) is 6.74. The number of amides is 2. The van der Waals surface area contributed by atoms with Gasteiger partial charge in [0, 0.05) is 34.5 Å². The minimum atomic E-state index is -0.541. The van der Waals surface area contributed by atoms with Gasteiger partial charge in [-0.3, -0.25) is 15.1 Å². The summed E-state index contributed by atoms with van der Waals surface area (Å²) in [6.45, 7) is 5.65. The van der Waals surface area contributed by atoms with Crippen LogP contribution in [0.4, 0.5) is 16.3 Å². The molecule has 14 heteroatoms. The van der Waals surface area contributed by atoms with Crippen LogP contribution in [0.2, 0.25) is 0 Å². The molecule has 0 bridgehead atoms. The fraction of sp³-hybridized carbons (Fsp3) is 0.212. The van der Waals surface area contributed by atoms with Crippen LogP contribution < -0.4 is 20.1 Å². The van der Waals surface area contributed by atoms with Gasteiger partial charge in [0.15, 0.2) is 5.78 Å². The SMILES string of the molecule is BrB(Br)Br.COc1ccc(-n2nc(C(C)(C)C)cc2NC(=O)Nc2ccc(Oc3ccnc(CC(=O)CO)c3)c3ccccc23)cc1. The molecule has 0 saturated carbocycles. The molecule has 5 rings (SSSR count). The number of carbonyl (C=O) groups excluding carboxylic acids is 2. The van der Waals surface area contributed by atoms with Crippen LogP contribution in [0.5, 0.6) is 17.2 Å². The number of ether oxygens (including phenoxy) is 2. The molecule has 0 aliphatic heterocycles. The highest BCUT2D eigenvalue weighted by Gasteiger charge is 2.22. The first kappa shape index (κ1) is 36.1. The number of halogens is 3. The highest BCUT2D eigenvalue weighted by atomic mass is 79.9. The summed E-state index contributed by atoms with van der Waals surface area (Å²) in [5, 5.41) is 21.3. The molecule has 2 heterocycles. The number of hydrogen-bond donors (Lipinski definition) is 3. The molecule has 2 aromatic heterocycles. The van der Waals surface area contributed by atoms with Gasteiger partial charge in [0.2, 0.25) is 0 Å². The number of ketones is 1. The number of rotatable bonds is 9. The molecular formula is C33H33BBr3N5O5. The molecule has 3 aromatic carbocycles. The maximum absolute atomic E-state index is 13.3. The predicted molar refractivity (Wildman–Crippen MR) is 198 cm³/mol. The van der Waals surface area contributed by atoms with Gasteiger partial charge in [-0.1, -0.05) is 45.0 Å². The first-order chi connectivity index (χ1) is 22.4. The Bertz CT molecular complexity index is 1840. The molecule has 2 amide bonds. The van der Waals surface area contributed by atoms with Crippen LogP contribution >= 0.6 is 47.3 Å². The van der Waals surface area contributed by atoms with Gasteiger partial charge in [0.1, 0.15) is 29.7 Å². The van der Waals surface area contributed by atoms with E-state index in [-0.39, 0.29) is 20.8 Å². The molecule has 244 valence electrons. The normalized spacial score (nSPS) is 10.9. The van der Waals surface area contributed by atoms with Crippen LogP contribution in [0.25, 0.3) is 16.5 Å². The molecule has 0 radical (unpaired) electrons. The third-order valence-corrected chi connectivity index (χ3v) is 6.74. The zero-order valence-corrected chi connectivity index (χ0v) is 30.9. The summed E-state index contributed by atoms with van der Waals surface area (Å²) in [5.74, 6) is 1.98. The van der Waals surface area contributed by atoms with E-state index in [1.54, 1.807) is 42.3 Å². The summed E-state index contributed by atoms with van der Waals surface area (Å²) in [7, 11) is 1.61. The Balaban J connectivity index is 0.00000118. The number of nitrogens with zero attached hydrogens (tertiary/aromatic N) is 3. The monoisotopic (exact) mass is 827 g/mol. The molecule has 5 aromatic rings. The molecule has 0 unspecified atom stereocenters. The van der Waals surface area contributed by atoms with Crippen LogP contribution in [-0.4, -0.2) is 48.6 Å². The van der Waals surface area contributed by atoms with Crippen LogP contribution in [0.3, 0.4) is 0 Å². The summed E-state index contributed by atoms with van der Waals surface area (Å²) >= 11 is 9.31. The molecule has 0 spiro atoms. The fourth-order valence-corrected chi connectivity index (χ4v) is 4.50. The summed E-state index contributed by atoms with van der Waals surface area (Å²) in [6.07, 6.45) is 1.57. The molecule has 0 atom stereocenters. The van der Waals surface area contributed by atoms with E-state index in [0.717, 1.165) is 27.9 Å². The zero-order chi connectivity index (χ0) is 34.1. The van der Waals surface area contributed by atoms with Crippen molar-refractivity contribution in [2.24, 2.45) is 0 Å². The average Bonchev–Trinajstić information content (AvgIpc) is 3.46. The van der Waals surface area contributed by atoms with Crippen molar-refractivity contribution in [2.75, 3.05) is 24.4 Å². The van der Waals surface area contributed by atoms with Gasteiger partial charge in [-0.15, -0.1) is 47.3 Å². The fourth-order valence-electron chi connectivity index (χ4n) is 4.50. The number of pyridine rings is 1. The van der Waals surface area contributed by atoms with Gasteiger partial charge in [-0.05, 0) is 42.5 Å². The van der Waals surface area contributed by atoms with E-state index in [1.807, 2.05) is 54.6 Å². The number of methoxy groups -OCH3 is 1. The van der Waals surface area contributed by atoms with Crippen LogP contribution in [0.15, 0.2) is 85.1 Å². The average molecular weight is 830 g/mol. The number of hydrogen-bond acceptors (Lipinski definition) is 7. The van der Waals surface area contributed by atoms with Crippen molar-refractivity contribution < 1.29 is 24.2 Å². The Morgan fingerprint density at radius 2 is 1.60 bits per heavy atom. The van der Waals surface area contributed by atoms with E-state index in [9.17, 15) is 9.59 Å². The zero-order valence-electron chi connectivity index (χ0n) is 26.1. The van der Waals surface area contributed by atoms with Gasteiger partial charge in [0.25, 0.3) is 0 Å². The molecule has 0 saturated heterocycles. The number of Topliss-reactive ketones (excluding diaryl/α,β-unsaturated/α-hetero) is 1. The highest BCUT2D eigenvalue weighted by Crippen LogP contribution is 2.35. The quantitative estimate of drug-likeness (QED) is 0.127. The van der Waals surface area contributed by atoms with Crippen molar-refractivity contribution in [1.29, 1.82) is 0 Å². The molecular weight excluding hydrogens is 797 g/mol. The maximum atomic E-state index is 13.3. The Morgan fingerprint density at radius 3 is 2.23 bits per heavy atom. The second-order valence-corrected chi connectivity index (χ2v) is 17.6. The number of carbonyl (C=O) groups is 2. The van der Waals surface area contributed by atoms with Crippen molar-refractivity contribution in [3.63, 3.8) is 0 Å². The van der Waals surface area contributed by atoms with Crippen LogP contribution in [0, 0.1) is 0 Å². The number of nitrogens with one attached hydrogen (secondary N) is 2. The lowest BCUT2D eigenvalue weighted by atomic mass is 9.92. The van der Waals surface area contributed by atoms with E-state index in [4.69, 9.17) is 19.7 Å². The number of benzene rings is 3. The van der Waals surface area contributed by atoms with E-state index in [1.165, 1.54) is 0 Å². The van der Waals surface area contributed by atoms with Crippen LogP contribution in [0.1, 0.15) is 32.2 Å². The number of aliphatic hydroxyl groups is 1. The highest BCUT2D eigenvalue weighted by molar-refractivity contribution is 9.69. The largest absolute Gasteiger partial charge is 0.497 e. The van der Waals surface area contributed by atoms with Gasteiger partial charge in [-0.25, -0.2) is 9.48 Å². The van der Waals surface area contributed by atoms with Crippen molar-refractivity contribution in [2.45, 2.75) is 32.6 Å². The van der Waals surface area contributed by atoms with E-state index in [0.29, 0.717) is 28.7 Å². The minimum absolute atomic E-state index is 0.0149. The van der Waals surface area contributed by atoms with Gasteiger partial charge >= 0.3 is 9.22 Å². The summed E-state index contributed by atoms with van der Waals surface area (Å²) in [6, 6.07) is 23.4. The van der Waals surface area contributed by atoms with Gasteiger partial charge in [-0.2, -0.15) is 5.10 Å². The van der Waals surface area contributed by atoms with Crippen LogP contribution in [-0.2, 0) is 16.6 Å². The Kier molecular flexibility index (Phi) is 12.6. The van der Waals surface area contributed by atoms with Crippen molar-refractivity contribution in [3.8, 4) is 22.9 Å². The second kappa shape index (κ2) is 16.4. The minimum Gasteiger partial charge on any atom is -0.497 e. The van der Waals surface area contributed by atoms with Crippen molar-refractivity contribution in [1.82, 2.24) is 14.8 Å². The van der Waals surface area contributed by atoms with Crippen molar-refractivity contribution >= 4 is 84.5 Å². The first-order valence-electron chi connectivity index (χ1n) is 14.4. The topological polar surface area (TPSA) is 128 Å². The molecule has 0 aliphatic rings. The first-order valence-corrected chi connectivity index (χ1v) is 17.1. The summed E-state index contributed by atoms with van der Waals surface area (Å²) < 4.78 is 13.4. The number of urea groups is 1. The molecule has 3 N–H and O–H groups in total. The number of fused-ring (bicyclic) bond motifs is 1. The van der Waals surface area contributed by atoms with E-state index in [2.05, 4.69) is 83.7 Å². The lowest BCUT2D eigenvalue weighted by Crippen LogP contribution is -2.21. The van der Waals surface area contributed by atoms with Crippen molar-refractivity contribution in [3.05, 3.63) is 96.4 Å². The predicted octanol–water partition coefficient (Wildman–Crippen LogP) is 8.42. The summed E-state index contributed by atoms with van der Waals surface area (Å²) in [4.78, 5) is 29.2. The maximum Gasteiger partial charge on any atom is 0.369 e. The smallest absolute Gasteiger partial charge is 0.369 e. The number of aromatic nitrogens is 3. The van der Waals surface area contributed by atoms with Gasteiger partial charge < -0.3 is 19.9 Å². The standard InChI is InChI=1S/C33H33N5O5.BBr3/c1-33(2,3)30-19-31(38(37-30)22-9-11-24(42-4)12-10-22)36-32(41)35-28-13-14-29(27-8-6-5-7-26(27)28)43-25-15-16-34-21(18-25)17-23(40)20-39;2-1(3)4/h5-16,18-19,39H,17,20H2,1-4H3,(H2,35,36,41);. The number of anilines is 2. The summed E-state index contributed by atoms with van der Waals surface area (Å²) in [5.41, 5.74) is 2.46. The Hall–Kier alpha value is -3.72. The molecule has 47 heavy (non-hydrogen) atoms. The second-order valence-electron chi connectivity index (χ2n) is 11.2. The van der Waals surface area contributed by atoms with E-state index >= 15 is 0 Å². The van der Waals surface area contributed by atoms with Gasteiger partial charge in [0.05, 0.1) is 36.3 Å². The molecule has 0 fully saturated rings. The number of aliphatic hydroxyl groups excluding tert-OH is 1.